The van der Waals surface area contributed by atoms with Crippen molar-refractivity contribution in [3.8, 4) is 0 Å². The summed E-state index contributed by atoms with van der Waals surface area (Å²) in [6, 6.07) is 0. The molecular weight excluding hydrogens is 240 g/mol. The Bertz CT molecular complexity index is 254. The van der Waals surface area contributed by atoms with E-state index in [2.05, 4.69) is 6.58 Å². The first-order valence-electron chi connectivity index (χ1n) is 5.55. The van der Waals surface area contributed by atoms with Crippen LogP contribution in [0.15, 0.2) is 12.2 Å². The highest BCUT2D eigenvalue weighted by Gasteiger charge is 2.49. The standard InChI is InChI=1S/C11H22O5Si/c1-7-9(3)11(12)16-10(8-2)17(13-4,14-5)15-6/h10H,3,7-8H2,1-2,4-6H3. The Morgan fingerprint density at radius 2 is 1.65 bits per heavy atom. The molecular formula is C11H22O5Si. The van der Waals surface area contributed by atoms with Gasteiger partial charge in [0.1, 0.15) is 0 Å². The molecule has 17 heavy (non-hydrogen) atoms. The highest BCUT2D eigenvalue weighted by atomic mass is 28.4. The van der Waals surface area contributed by atoms with Crippen LogP contribution in [0.3, 0.4) is 0 Å². The molecule has 100 valence electrons. The number of carbonyl (C=O) groups excluding carboxylic acids is 1. The molecule has 1 atom stereocenters. The van der Waals surface area contributed by atoms with Crippen LogP contribution < -0.4 is 0 Å². The molecule has 0 aliphatic heterocycles. The molecule has 0 N–H and O–H groups in total. The quantitative estimate of drug-likeness (QED) is 0.378. The summed E-state index contributed by atoms with van der Waals surface area (Å²) >= 11 is 0. The molecule has 0 fully saturated rings. The van der Waals surface area contributed by atoms with E-state index in [1.54, 1.807) is 0 Å². The van der Waals surface area contributed by atoms with Gasteiger partial charge in [-0.2, -0.15) is 0 Å². The predicted octanol–water partition coefficient (Wildman–Crippen LogP) is 1.69. The maximum absolute atomic E-state index is 11.7. The van der Waals surface area contributed by atoms with E-state index in [-0.39, 0.29) is 0 Å². The monoisotopic (exact) mass is 262 g/mol. The van der Waals surface area contributed by atoms with Gasteiger partial charge in [-0.15, -0.1) is 0 Å². The largest absolute Gasteiger partial charge is 0.543 e. The average Bonchev–Trinajstić information content (AvgIpc) is 2.38. The van der Waals surface area contributed by atoms with E-state index in [9.17, 15) is 4.79 Å². The first kappa shape index (κ1) is 16.3. The SMILES string of the molecule is C=C(CC)C(=O)OC(CC)[Si](OC)(OC)OC. The molecule has 0 spiro atoms. The molecule has 5 nitrogen and oxygen atoms in total. The molecule has 0 amide bonds. The summed E-state index contributed by atoms with van der Waals surface area (Å²) in [7, 11) is 1.52. The van der Waals surface area contributed by atoms with E-state index in [1.165, 1.54) is 21.3 Å². The lowest BCUT2D eigenvalue weighted by Crippen LogP contribution is -2.56. The van der Waals surface area contributed by atoms with Crippen LogP contribution >= 0.6 is 0 Å². The summed E-state index contributed by atoms with van der Waals surface area (Å²) in [5.41, 5.74) is -0.0899. The van der Waals surface area contributed by atoms with E-state index < -0.39 is 20.5 Å². The predicted molar refractivity (Wildman–Crippen MR) is 66.4 cm³/mol. The van der Waals surface area contributed by atoms with Gasteiger partial charge in [-0.1, -0.05) is 20.4 Å². The van der Waals surface area contributed by atoms with Crippen LogP contribution in [-0.4, -0.2) is 41.8 Å². The Morgan fingerprint density at radius 1 is 1.18 bits per heavy atom. The lowest BCUT2D eigenvalue weighted by atomic mass is 10.2. The summed E-state index contributed by atoms with van der Waals surface area (Å²) < 4.78 is 21.2. The molecule has 1 unspecified atom stereocenters. The summed E-state index contributed by atoms with van der Waals surface area (Å²) in [5.74, 6) is -0.428. The zero-order valence-corrected chi connectivity index (χ0v) is 12.2. The molecule has 0 aromatic carbocycles. The van der Waals surface area contributed by atoms with Crippen molar-refractivity contribution in [2.24, 2.45) is 0 Å². The Hall–Kier alpha value is -0.693. The first-order chi connectivity index (χ1) is 8.01. The van der Waals surface area contributed by atoms with E-state index in [0.717, 1.165) is 0 Å². The third-order valence-electron chi connectivity index (χ3n) is 2.58. The van der Waals surface area contributed by atoms with Gasteiger partial charge in [0.2, 0.25) is 0 Å². The third-order valence-corrected chi connectivity index (χ3v) is 5.61. The van der Waals surface area contributed by atoms with E-state index in [0.29, 0.717) is 18.4 Å². The van der Waals surface area contributed by atoms with Crippen LogP contribution in [0, 0.1) is 0 Å². The maximum Gasteiger partial charge on any atom is 0.543 e. The minimum atomic E-state index is -2.95. The second-order valence-electron chi connectivity index (χ2n) is 3.48. The number of carbonyl (C=O) groups is 1. The van der Waals surface area contributed by atoms with E-state index in [1.807, 2.05) is 13.8 Å². The number of ether oxygens (including phenoxy) is 1. The molecule has 6 heteroatoms. The van der Waals surface area contributed by atoms with Crippen LogP contribution in [0.1, 0.15) is 26.7 Å². The number of esters is 1. The van der Waals surface area contributed by atoms with Crippen LogP contribution in [0.2, 0.25) is 0 Å². The van der Waals surface area contributed by atoms with Gasteiger partial charge >= 0.3 is 14.8 Å². The molecule has 0 aliphatic carbocycles. The Balaban J connectivity index is 4.82. The van der Waals surface area contributed by atoms with Crippen LogP contribution in [-0.2, 0) is 22.8 Å². The molecule has 0 aromatic rings. The van der Waals surface area contributed by atoms with Crippen molar-refractivity contribution in [3.05, 3.63) is 12.2 Å². The fourth-order valence-electron chi connectivity index (χ4n) is 1.41. The van der Waals surface area contributed by atoms with Gasteiger partial charge in [0.05, 0.1) is 0 Å². The van der Waals surface area contributed by atoms with Gasteiger partial charge in [0.25, 0.3) is 0 Å². The highest BCUT2D eigenvalue weighted by Crippen LogP contribution is 2.19. The minimum absolute atomic E-state index is 0.426. The molecule has 0 bridgehead atoms. The van der Waals surface area contributed by atoms with Gasteiger partial charge in [-0.05, 0) is 12.8 Å². The normalized spacial score (nSPS) is 13.2. The van der Waals surface area contributed by atoms with Gasteiger partial charge in [-0.3, -0.25) is 0 Å². The second-order valence-corrected chi connectivity index (χ2v) is 6.55. The van der Waals surface area contributed by atoms with Gasteiger partial charge < -0.3 is 18.0 Å². The zero-order valence-electron chi connectivity index (χ0n) is 11.2. The average molecular weight is 262 g/mol. The molecule has 0 aliphatic rings. The minimum Gasteiger partial charge on any atom is -0.454 e. The van der Waals surface area contributed by atoms with E-state index >= 15 is 0 Å². The number of rotatable bonds is 8. The van der Waals surface area contributed by atoms with Crippen molar-refractivity contribution in [3.63, 3.8) is 0 Å². The molecule has 0 heterocycles. The summed E-state index contributed by atoms with van der Waals surface area (Å²) in [5, 5.41) is 0. The van der Waals surface area contributed by atoms with E-state index in [4.69, 9.17) is 18.0 Å². The molecule has 0 radical (unpaired) electrons. The molecule has 0 saturated carbocycles. The third kappa shape index (κ3) is 3.92. The lowest BCUT2D eigenvalue weighted by Gasteiger charge is -2.31. The summed E-state index contributed by atoms with van der Waals surface area (Å²) in [6.45, 7) is 7.36. The first-order valence-corrected chi connectivity index (χ1v) is 7.35. The van der Waals surface area contributed by atoms with Gasteiger partial charge in [0.15, 0.2) is 5.73 Å². The zero-order chi connectivity index (χ0) is 13.5. The van der Waals surface area contributed by atoms with Crippen molar-refractivity contribution < 1.29 is 22.8 Å². The topological polar surface area (TPSA) is 54.0 Å². The molecule has 0 saturated heterocycles. The van der Waals surface area contributed by atoms with Crippen LogP contribution in [0.25, 0.3) is 0 Å². The molecule has 0 aromatic heterocycles. The Labute approximate surface area is 104 Å². The van der Waals surface area contributed by atoms with Gasteiger partial charge in [-0.25, -0.2) is 4.79 Å². The van der Waals surface area contributed by atoms with Gasteiger partial charge in [0, 0.05) is 26.9 Å². The maximum atomic E-state index is 11.7. The smallest absolute Gasteiger partial charge is 0.454 e. The van der Waals surface area contributed by atoms with Crippen LogP contribution in [0.4, 0.5) is 0 Å². The fourth-order valence-corrected chi connectivity index (χ4v) is 3.45. The summed E-state index contributed by atoms with van der Waals surface area (Å²) in [6.07, 6.45) is 1.11. The van der Waals surface area contributed by atoms with Crippen molar-refractivity contribution >= 4 is 14.8 Å². The Kier molecular flexibility index (Phi) is 7.29. The highest BCUT2D eigenvalue weighted by molar-refractivity contribution is 6.62. The fraction of sp³-hybridized carbons (Fsp3) is 0.727. The van der Waals surface area contributed by atoms with Crippen molar-refractivity contribution in [1.29, 1.82) is 0 Å². The van der Waals surface area contributed by atoms with Crippen LogP contribution in [0.5, 0.6) is 0 Å². The Morgan fingerprint density at radius 3 is 1.94 bits per heavy atom. The number of hydrogen-bond donors (Lipinski definition) is 0. The second kappa shape index (κ2) is 7.60. The lowest BCUT2D eigenvalue weighted by molar-refractivity contribution is -0.144. The van der Waals surface area contributed by atoms with Crippen molar-refractivity contribution in [2.75, 3.05) is 21.3 Å². The van der Waals surface area contributed by atoms with Crippen molar-refractivity contribution in [2.45, 2.75) is 32.4 Å². The molecule has 0 rings (SSSR count). The van der Waals surface area contributed by atoms with Crippen molar-refractivity contribution in [1.82, 2.24) is 0 Å². The number of hydrogen-bond acceptors (Lipinski definition) is 5. The summed E-state index contributed by atoms with van der Waals surface area (Å²) in [4.78, 5) is 11.7.